The molecule has 2 aromatic rings. The molecule has 1 aromatic carbocycles. The van der Waals surface area contributed by atoms with Gasteiger partial charge >= 0.3 is 5.97 Å². The van der Waals surface area contributed by atoms with E-state index < -0.39 is 5.97 Å². The minimum atomic E-state index is -1.02. The molecule has 1 amide bonds. The standard InChI is InChI=1S/C14H16N4O3/c1-2-6-18(8-12(19)20)14(21)11-5-3-4-10(7-11)13-15-9-16-17-13/h3-5,7,9H,2,6,8H2,1H3,(H,19,20)(H,15,16,17). The van der Waals surface area contributed by atoms with E-state index in [-0.39, 0.29) is 12.5 Å². The van der Waals surface area contributed by atoms with Crippen molar-refractivity contribution in [2.45, 2.75) is 13.3 Å². The fraction of sp³-hybridized carbons (Fsp3) is 0.286. The van der Waals surface area contributed by atoms with Gasteiger partial charge in [-0.2, -0.15) is 5.10 Å². The van der Waals surface area contributed by atoms with E-state index in [1.807, 2.05) is 6.92 Å². The maximum absolute atomic E-state index is 12.4. The second kappa shape index (κ2) is 6.65. The van der Waals surface area contributed by atoms with Gasteiger partial charge in [-0.05, 0) is 18.6 Å². The Morgan fingerprint density at radius 1 is 1.38 bits per heavy atom. The molecule has 7 heteroatoms. The first-order chi connectivity index (χ1) is 10.1. The third kappa shape index (κ3) is 3.65. The highest BCUT2D eigenvalue weighted by Gasteiger charge is 2.18. The molecule has 0 aliphatic carbocycles. The number of nitrogens with one attached hydrogen (secondary N) is 1. The Morgan fingerprint density at radius 2 is 2.19 bits per heavy atom. The molecule has 0 radical (unpaired) electrons. The van der Waals surface area contributed by atoms with Crippen LogP contribution in [0.2, 0.25) is 0 Å². The van der Waals surface area contributed by atoms with Crippen molar-refractivity contribution >= 4 is 11.9 Å². The topological polar surface area (TPSA) is 99.2 Å². The molecule has 2 rings (SSSR count). The molecule has 7 nitrogen and oxygen atoms in total. The molecular formula is C14H16N4O3. The lowest BCUT2D eigenvalue weighted by atomic mass is 10.1. The van der Waals surface area contributed by atoms with Gasteiger partial charge in [-0.15, -0.1) is 0 Å². The minimum absolute atomic E-state index is 0.305. The maximum Gasteiger partial charge on any atom is 0.323 e. The number of H-pyrrole nitrogens is 1. The molecule has 21 heavy (non-hydrogen) atoms. The van der Waals surface area contributed by atoms with Crippen molar-refractivity contribution in [3.63, 3.8) is 0 Å². The molecule has 1 aromatic heterocycles. The highest BCUT2D eigenvalue weighted by Crippen LogP contribution is 2.16. The first kappa shape index (κ1) is 14.7. The van der Waals surface area contributed by atoms with E-state index in [1.165, 1.54) is 11.2 Å². The number of rotatable bonds is 6. The van der Waals surface area contributed by atoms with E-state index in [9.17, 15) is 9.59 Å². The number of benzene rings is 1. The Bertz CT molecular complexity index is 625. The molecule has 0 aliphatic heterocycles. The molecule has 0 saturated heterocycles. The van der Waals surface area contributed by atoms with Crippen LogP contribution in [0.5, 0.6) is 0 Å². The van der Waals surface area contributed by atoms with Gasteiger partial charge in [0, 0.05) is 17.7 Å². The molecular weight excluding hydrogens is 272 g/mol. The van der Waals surface area contributed by atoms with Gasteiger partial charge in [-0.3, -0.25) is 14.7 Å². The monoisotopic (exact) mass is 288 g/mol. The lowest BCUT2D eigenvalue weighted by Gasteiger charge is -2.20. The van der Waals surface area contributed by atoms with E-state index in [2.05, 4.69) is 15.2 Å². The van der Waals surface area contributed by atoms with Crippen LogP contribution in [0.4, 0.5) is 0 Å². The van der Waals surface area contributed by atoms with Crippen LogP contribution in [0.25, 0.3) is 11.4 Å². The zero-order chi connectivity index (χ0) is 15.2. The molecule has 0 bridgehead atoms. The number of aliphatic carboxylic acids is 1. The fourth-order valence-corrected chi connectivity index (χ4v) is 2.01. The van der Waals surface area contributed by atoms with Gasteiger partial charge in [0.25, 0.3) is 5.91 Å². The molecule has 2 N–H and O–H groups in total. The van der Waals surface area contributed by atoms with E-state index in [1.54, 1.807) is 24.3 Å². The van der Waals surface area contributed by atoms with E-state index in [0.29, 0.717) is 24.4 Å². The number of amides is 1. The van der Waals surface area contributed by atoms with Crippen LogP contribution >= 0.6 is 0 Å². The summed E-state index contributed by atoms with van der Waals surface area (Å²) in [7, 11) is 0. The lowest BCUT2D eigenvalue weighted by molar-refractivity contribution is -0.137. The average Bonchev–Trinajstić information content (AvgIpc) is 3.00. The van der Waals surface area contributed by atoms with Gasteiger partial charge in [0.2, 0.25) is 0 Å². The number of carbonyl (C=O) groups is 2. The Morgan fingerprint density at radius 3 is 2.81 bits per heavy atom. The quantitative estimate of drug-likeness (QED) is 0.837. The molecule has 110 valence electrons. The number of carboxylic acid groups (broad SMARTS) is 1. The molecule has 0 atom stereocenters. The first-order valence-corrected chi connectivity index (χ1v) is 6.58. The summed E-state index contributed by atoms with van der Waals surface area (Å²) in [6.45, 7) is 1.99. The smallest absolute Gasteiger partial charge is 0.323 e. The third-order valence-corrected chi connectivity index (χ3v) is 2.90. The molecule has 0 aliphatic rings. The number of hydrogen-bond acceptors (Lipinski definition) is 4. The van der Waals surface area contributed by atoms with Crippen LogP contribution in [0.1, 0.15) is 23.7 Å². The maximum atomic E-state index is 12.4. The van der Waals surface area contributed by atoms with Gasteiger partial charge in [0.1, 0.15) is 12.9 Å². The van der Waals surface area contributed by atoms with Crippen LogP contribution in [0.3, 0.4) is 0 Å². The summed E-state index contributed by atoms with van der Waals surface area (Å²) in [5.74, 6) is -0.770. The minimum Gasteiger partial charge on any atom is -0.480 e. The number of hydrogen-bond donors (Lipinski definition) is 2. The van der Waals surface area contributed by atoms with E-state index >= 15 is 0 Å². The molecule has 0 saturated carbocycles. The summed E-state index contributed by atoms with van der Waals surface area (Å²) in [6.07, 6.45) is 2.08. The van der Waals surface area contributed by atoms with Crippen LogP contribution in [0.15, 0.2) is 30.6 Å². The summed E-state index contributed by atoms with van der Waals surface area (Å²) in [5, 5.41) is 15.4. The number of carboxylic acids is 1. The van der Waals surface area contributed by atoms with Crippen molar-refractivity contribution in [3.05, 3.63) is 36.2 Å². The molecule has 0 fully saturated rings. The summed E-state index contributed by atoms with van der Waals surface area (Å²) < 4.78 is 0. The van der Waals surface area contributed by atoms with Crippen molar-refractivity contribution in [2.75, 3.05) is 13.1 Å². The second-order valence-corrected chi connectivity index (χ2v) is 4.54. The van der Waals surface area contributed by atoms with Crippen LogP contribution < -0.4 is 0 Å². The predicted molar refractivity (Wildman–Crippen MR) is 75.6 cm³/mol. The molecule has 0 unspecified atom stereocenters. The van der Waals surface area contributed by atoms with E-state index in [0.717, 1.165) is 5.56 Å². The predicted octanol–water partition coefficient (Wildman–Crippen LogP) is 1.41. The summed E-state index contributed by atoms with van der Waals surface area (Å²) in [5.41, 5.74) is 1.16. The van der Waals surface area contributed by atoms with Crippen LogP contribution in [-0.2, 0) is 4.79 Å². The Kier molecular flexibility index (Phi) is 4.65. The largest absolute Gasteiger partial charge is 0.480 e. The number of nitrogens with zero attached hydrogens (tertiary/aromatic N) is 3. The third-order valence-electron chi connectivity index (χ3n) is 2.90. The Balaban J connectivity index is 2.25. The highest BCUT2D eigenvalue weighted by atomic mass is 16.4. The van der Waals surface area contributed by atoms with Gasteiger partial charge in [-0.1, -0.05) is 19.1 Å². The summed E-state index contributed by atoms with van der Waals surface area (Å²) in [6, 6.07) is 6.87. The van der Waals surface area contributed by atoms with Crippen LogP contribution in [0, 0.1) is 0 Å². The van der Waals surface area contributed by atoms with Crippen molar-refractivity contribution in [3.8, 4) is 11.4 Å². The Labute approximate surface area is 121 Å². The number of aromatic amines is 1. The van der Waals surface area contributed by atoms with Crippen molar-refractivity contribution in [1.82, 2.24) is 20.1 Å². The van der Waals surface area contributed by atoms with Gasteiger partial charge in [0.05, 0.1) is 0 Å². The van der Waals surface area contributed by atoms with E-state index in [4.69, 9.17) is 5.11 Å². The highest BCUT2D eigenvalue weighted by molar-refractivity contribution is 5.96. The second-order valence-electron chi connectivity index (χ2n) is 4.54. The molecule has 0 spiro atoms. The van der Waals surface area contributed by atoms with Gasteiger partial charge < -0.3 is 10.0 Å². The number of aromatic nitrogens is 3. The lowest BCUT2D eigenvalue weighted by Crippen LogP contribution is -2.36. The normalized spacial score (nSPS) is 10.3. The van der Waals surface area contributed by atoms with Gasteiger partial charge in [0.15, 0.2) is 5.82 Å². The van der Waals surface area contributed by atoms with Crippen molar-refractivity contribution in [1.29, 1.82) is 0 Å². The Hall–Kier alpha value is -2.70. The molecule has 1 heterocycles. The first-order valence-electron chi connectivity index (χ1n) is 6.58. The zero-order valence-corrected chi connectivity index (χ0v) is 11.6. The van der Waals surface area contributed by atoms with Crippen LogP contribution in [-0.4, -0.2) is 50.2 Å². The SMILES string of the molecule is CCCN(CC(=O)O)C(=O)c1cccc(-c2ncn[nH]2)c1. The van der Waals surface area contributed by atoms with Crippen molar-refractivity contribution < 1.29 is 14.7 Å². The number of carbonyl (C=O) groups excluding carboxylic acids is 1. The fourth-order valence-electron chi connectivity index (χ4n) is 2.01. The zero-order valence-electron chi connectivity index (χ0n) is 11.6. The van der Waals surface area contributed by atoms with Crippen molar-refractivity contribution in [2.24, 2.45) is 0 Å². The summed E-state index contributed by atoms with van der Waals surface area (Å²) >= 11 is 0. The van der Waals surface area contributed by atoms with Gasteiger partial charge in [-0.25, -0.2) is 4.98 Å². The average molecular weight is 288 g/mol. The summed E-state index contributed by atoms with van der Waals surface area (Å²) in [4.78, 5) is 28.6.